The Morgan fingerprint density at radius 3 is 2.42 bits per heavy atom. The molecule has 0 aliphatic heterocycles. The Morgan fingerprint density at radius 1 is 1.25 bits per heavy atom. The second kappa shape index (κ2) is 8.33. The molecule has 1 unspecified atom stereocenters. The highest BCUT2D eigenvalue weighted by Crippen LogP contribution is 2.28. The standard InChI is InChI=1S/C17H20IN3O3/c18-13-6-4-12(5-7-13)10-14(11-19)20-15(22)17(21-16(23)24)8-2-1-3-9-17/h4-7,14,21H,1-3,8-10H2,(H,20,22)(H,23,24). The third-order valence-electron chi connectivity index (χ3n) is 4.30. The molecule has 0 bridgehead atoms. The SMILES string of the molecule is N#CC(Cc1ccc(I)cc1)NC(=O)C1(NC(=O)O)CCCCC1. The zero-order valence-corrected chi connectivity index (χ0v) is 15.4. The number of carbonyl (C=O) groups excluding carboxylic acids is 1. The second-order valence-corrected chi connectivity index (χ2v) is 7.30. The van der Waals surface area contributed by atoms with Gasteiger partial charge < -0.3 is 15.7 Å². The number of hydrogen-bond acceptors (Lipinski definition) is 3. The minimum Gasteiger partial charge on any atom is -0.465 e. The molecule has 0 saturated heterocycles. The quantitative estimate of drug-likeness (QED) is 0.612. The molecule has 128 valence electrons. The molecule has 1 aromatic rings. The molecule has 24 heavy (non-hydrogen) atoms. The van der Waals surface area contributed by atoms with Crippen LogP contribution in [-0.4, -0.2) is 28.7 Å². The molecule has 0 heterocycles. The van der Waals surface area contributed by atoms with Gasteiger partial charge in [0.2, 0.25) is 5.91 Å². The molecule has 6 nitrogen and oxygen atoms in total. The Labute approximate surface area is 154 Å². The van der Waals surface area contributed by atoms with Gasteiger partial charge in [-0.15, -0.1) is 0 Å². The maximum atomic E-state index is 12.7. The summed E-state index contributed by atoms with van der Waals surface area (Å²) in [5.74, 6) is -0.401. The molecule has 1 fully saturated rings. The highest BCUT2D eigenvalue weighted by molar-refractivity contribution is 14.1. The fourth-order valence-electron chi connectivity index (χ4n) is 3.05. The van der Waals surface area contributed by atoms with E-state index in [1.54, 1.807) is 0 Å². The third kappa shape index (κ3) is 4.84. The van der Waals surface area contributed by atoms with Gasteiger partial charge in [-0.2, -0.15) is 5.26 Å². The summed E-state index contributed by atoms with van der Waals surface area (Å²) >= 11 is 2.20. The average molecular weight is 441 g/mol. The number of carboxylic acid groups (broad SMARTS) is 1. The van der Waals surface area contributed by atoms with E-state index < -0.39 is 23.6 Å². The van der Waals surface area contributed by atoms with Crippen molar-refractivity contribution in [1.29, 1.82) is 5.26 Å². The Bertz CT molecular complexity index is 633. The normalized spacial score (nSPS) is 17.3. The number of amides is 2. The van der Waals surface area contributed by atoms with E-state index >= 15 is 0 Å². The summed E-state index contributed by atoms with van der Waals surface area (Å²) in [4.78, 5) is 23.8. The minimum atomic E-state index is -1.21. The van der Waals surface area contributed by atoms with Crippen LogP contribution in [-0.2, 0) is 11.2 Å². The van der Waals surface area contributed by atoms with Gasteiger partial charge in [0, 0.05) is 9.99 Å². The van der Waals surface area contributed by atoms with Gasteiger partial charge in [0.05, 0.1) is 6.07 Å². The first kappa shape index (κ1) is 18.5. The van der Waals surface area contributed by atoms with Gasteiger partial charge in [-0.05, 0) is 53.1 Å². The lowest BCUT2D eigenvalue weighted by Crippen LogP contribution is -2.61. The van der Waals surface area contributed by atoms with Crippen molar-refractivity contribution in [3.05, 3.63) is 33.4 Å². The van der Waals surface area contributed by atoms with Crippen molar-refractivity contribution in [3.63, 3.8) is 0 Å². The summed E-state index contributed by atoms with van der Waals surface area (Å²) in [5.41, 5.74) is -0.170. The van der Waals surface area contributed by atoms with Crippen LogP contribution < -0.4 is 10.6 Å². The van der Waals surface area contributed by atoms with Crippen molar-refractivity contribution in [2.45, 2.75) is 50.1 Å². The number of nitriles is 1. The molecule has 1 atom stereocenters. The number of benzene rings is 1. The summed E-state index contributed by atoms with van der Waals surface area (Å²) in [6.07, 6.45) is 2.69. The number of nitrogens with one attached hydrogen (secondary N) is 2. The third-order valence-corrected chi connectivity index (χ3v) is 5.02. The molecule has 2 amide bonds. The van der Waals surface area contributed by atoms with Crippen molar-refractivity contribution < 1.29 is 14.7 Å². The predicted octanol–water partition coefficient (Wildman–Crippen LogP) is 2.81. The average Bonchev–Trinajstić information content (AvgIpc) is 2.56. The van der Waals surface area contributed by atoms with Crippen molar-refractivity contribution >= 4 is 34.6 Å². The van der Waals surface area contributed by atoms with Gasteiger partial charge in [0.15, 0.2) is 0 Å². The summed E-state index contributed by atoms with van der Waals surface area (Å²) in [6.45, 7) is 0. The van der Waals surface area contributed by atoms with Gasteiger partial charge in [-0.3, -0.25) is 4.79 Å². The number of halogens is 1. The van der Waals surface area contributed by atoms with Crippen LogP contribution in [0.25, 0.3) is 0 Å². The molecular formula is C17H20IN3O3. The van der Waals surface area contributed by atoms with Crippen LogP contribution in [0.2, 0.25) is 0 Å². The van der Waals surface area contributed by atoms with Crippen LogP contribution in [0.5, 0.6) is 0 Å². The van der Waals surface area contributed by atoms with E-state index in [4.69, 9.17) is 5.11 Å². The predicted molar refractivity (Wildman–Crippen MR) is 97.4 cm³/mol. The van der Waals surface area contributed by atoms with Crippen LogP contribution in [0, 0.1) is 14.9 Å². The highest BCUT2D eigenvalue weighted by Gasteiger charge is 2.41. The molecule has 0 spiro atoms. The molecule has 0 aromatic heterocycles. The summed E-state index contributed by atoms with van der Waals surface area (Å²) in [5, 5.41) is 23.5. The van der Waals surface area contributed by atoms with Gasteiger partial charge in [-0.1, -0.05) is 31.4 Å². The first-order valence-electron chi connectivity index (χ1n) is 7.91. The van der Waals surface area contributed by atoms with E-state index in [2.05, 4.69) is 39.3 Å². The Balaban J connectivity index is 2.07. The van der Waals surface area contributed by atoms with E-state index in [9.17, 15) is 14.9 Å². The van der Waals surface area contributed by atoms with Crippen LogP contribution >= 0.6 is 22.6 Å². The molecule has 7 heteroatoms. The molecule has 2 rings (SSSR count). The van der Waals surface area contributed by atoms with Crippen molar-refractivity contribution in [2.24, 2.45) is 0 Å². The lowest BCUT2D eigenvalue weighted by atomic mass is 9.80. The largest absolute Gasteiger partial charge is 0.465 e. The topological polar surface area (TPSA) is 102 Å². The van der Waals surface area contributed by atoms with E-state index in [1.165, 1.54) is 0 Å². The van der Waals surface area contributed by atoms with E-state index in [0.29, 0.717) is 19.3 Å². The van der Waals surface area contributed by atoms with Crippen LogP contribution in [0.15, 0.2) is 24.3 Å². The van der Waals surface area contributed by atoms with Crippen molar-refractivity contribution in [3.8, 4) is 6.07 Å². The van der Waals surface area contributed by atoms with E-state index in [-0.39, 0.29) is 0 Å². The Morgan fingerprint density at radius 2 is 1.88 bits per heavy atom. The van der Waals surface area contributed by atoms with Crippen LogP contribution in [0.4, 0.5) is 4.79 Å². The minimum absolute atomic E-state index is 0.391. The monoisotopic (exact) mass is 441 g/mol. The Hall–Kier alpha value is -1.82. The molecule has 1 saturated carbocycles. The van der Waals surface area contributed by atoms with Gasteiger partial charge in [-0.25, -0.2) is 4.79 Å². The van der Waals surface area contributed by atoms with Crippen molar-refractivity contribution in [2.75, 3.05) is 0 Å². The fraction of sp³-hybridized carbons (Fsp3) is 0.471. The number of rotatable bonds is 5. The zero-order valence-electron chi connectivity index (χ0n) is 13.2. The van der Waals surface area contributed by atoms with Crippen molar-refractivity contribution in [1.82, 2.24) is 10.6 Å². The van der Waals surface area contributed by atoms with Crippen LogP contribution in [0.3, 0.4) is 0 Å². The van der Waals surface area contributed by atoms with E-state index in [1.807, 2.05) is 24.3 Å². The molecule has 3 N–H and O–H groups in total. The molecular weight excluding hydrogens is 421 g/mol. The summed E-state index contributed by atoms with van der Waals surface area (Å²) in [7, 11) is 0. The number of nitrogens with zero attached hydrogens (tertiary/aromatic N) is 1. The van der Waals surface area contributed by atoms with Gasteiger partial charge in [0.25, 0.3) is 0 Å². The molecule has 1 aromatic carbocycles. The molecule has 1 aliphatic rings. The summed E-state index contributed by atoms with van der Waals surface area (Å²) < 4.78 is 1.10. The lowest BCUT2D eigenvalue weighted by Gasteiger charge is -2.36. The van der Waals surface area contributed by atoms with Crippen LogP contribution in [0.1, 0.15) is 37.7 Å². The first-order valence-corrected chi connectivity index (χ1v) is 8.99. The fourth-order valence-corrected chi connectivity index (χ4v) is 3.41. The second-order valence-electron chi connectivity index (χ2n) is 6.06. The van der Waals surface area contributed by atoms with Gasteiger partial charge in [0.1, 0.15) is 11.6 Å². The summed E-state index contributed by atoms with van der Waals surface area (Å²) in [6, 6.07) is 9.14. The maximum absolute atomic E-state index is 12.7. The number of hydrogen-bond donors (Lipinski definition) is 3. The maximum Gasteiger partial charge on any atom is 0.405 e. The zero-order chi connectivity index (χ0) is 17.6. The van der Waals surface area contributed by atoms with E-state index in [0.717, 1.165) is 28.4 Å². The lowest BCUT2D eigenvalue weighted by molar-refractivity contribution is -0.129. The number of carbonyl (C=O) groups is 2. The molecule has 1 aliphatic carbocycles. The molecule has 0 radical (unpaired) electrons. The highest BCUT2D eigenvalue weighted by atomic mass is 127. The first-order chi connectivity index (χ1) is 11.4. The Kier molecular flexibility index (Phi) is 6.43. The smallest absolute Gasteiger partial charge is 0.405 e. The van der Waals surface area contributed by atoms with Gasteiger partial charge >= 0.3 is 6.09 Å².